The molecule has 0 aromatic carbocycles. The molecule has 0 spiro atoms. The molecule has 0 aromatic heterocycles. The molecule has 9 valence electrons. The van der Waals surface area contributed by atoms with E-state index in [4.69, 9.17) is 0 Å². The molecule has 0 aliphatic rings. The van der Waals surface area contributed by atoms with Crippen molar-refractivity contribution in [2.75, 3.05) is 0 Å². The second-order valence-electron chi connectivity index (χ2n) is 0. The van der Waals surface area contributed by atoms with Gasteiger partial charge in [0.15, 0.2) is 0 Å². The van der Waals surface area contributed by atoms with E-state index in [0.29, 0.717) is 0 Å². The molecule has 0 rings (SSSR count). The summed E-state index contributed by atoms with van der Waals surface area (Å²) in [5, 5.41) is 0. The fourth-order valence-electron chi connectivity index (χ4n) is 0. The topological polar surface area (TPSA) is 0 Å². The maximum atomic E-state index is 0. The average molecular weight is 173 g/mol. The summed E-state index contributed by atoms with van der Waals surface area (Å²) in [5.74, 6) is 0. The zero-order chi connectivity index (χ0) is 0. The van der Waals surface area contributed by atoms with Crippen LogP contribution in [0, 0.1) is 0 Å². The molecule has 0 nitrogen and oxygen atoms in total. The first-order chi connectivity index (χ1) is 0. The van der Waals surface area contributed by atoms with Crippen LogP contribution in [0.4, 0.5) is 0 Å². The van der Waals surface area contributed by atoms with Crippen LogP contribution in [0.15, 0.2) is 0 Å². The molecule has 0 saturated heterocycles. The Hall–Kier alpha value is 3.74. The predicted octanol–water partition coefficient (Wildman–Crippen LogP) is -1.14. The molecule has 0 unspecified atom stereocenters. The van der Waals surface area contributed by atoms with Gasteiger partial charge in [-0.2, -0.15) is 0 Å². The van der Waals surface area contributed by atoms with E-state index in [2.05, 4.69) is 0 Å². The molecule has 7 radical (unpaired) electrons. The maximum absolute atomic E-state index is 0. The Morgan fingerprint density at radius 2 is 1.00 bits per heavy atom. The van der Waals surface area contributed by atoms with Crippen LogP contribution in [0.2, 0.25) is 0 Å². The van der Waals surface area contributed by atoms with Gasteiger partial charge in [-0.1, -0.05) is 0 Å². The van der Waals surface area contributed by atoms with Gasteiger partial charge in [-0.25, -0.2) is 0 Å². The van der Waals surface area contributed by atoms with Gasteiger partial charge in [-0.3, -0.25) is 0 Å². The van der Waals surface area contributed by atoms with Gasteiger partial charge in [0.1, 0.15) is 0 Å². The zero-order valence-corrected chi connectivity index (χ0v) is 12.2. The zero-order valence-electron chi connectivity index (χ0n) is 2.91. The van der Waals surface area contributed by atoms with Gasteiger partial charge in [-0.05, 0) is 0 Å². The maximum Gasteiger partial charge on any atom is 0 e. The summed E-state index contributed by atoms with van der Waals surface area (Å²) in [7, 11) is 0. The minimum atomic E-state index is 0. The Bertz CT molecular complexity index is 8.00. The third kappa shape index (κ3) is 9.22. The summed E-state index contributed by atoms with van der Waals surface area (Å²) < 4.78 is 0. The number of hydrogen-bond donors (Lipinski definition) is 0. The Morgan fingerprint density at radius 3 is 1.00 bits per heavy atom. The number of rotatable bonds is 0. The van der Waals surface area contributed by atoms with Crippen molar-refractivity contribution in [3.8, 4) is 0 Å². The van der Waals surface area contributed by atoms with Crippen LogP contribution in [0.5, 0.6) is 0 Å². The van der Waals surface area contributed by atoms with Gasteiger partial charge in [0.05, 0.1) is 0 Å². The summed E-state index contributed by atoms with van der Waals surface area (Å²) >= 11 is 0. The van der Waals surface area contributed by atoms with Crippen LogP contribution in [0.3, 0.4) is 0 Å². The van der Waals surface area contributed by atoms with Crippen LogP contribution >= 0.6 is 0 Å². The molecule has 0 atom stereocenters. The van der Waals surface area contributed by atoms with Crippen molar-refractivity contribution in [3.05, 3.63) is 0 Å². The van der Waals surface area contributed by atoms with Gasteiger partial charge in [0.25, 0.3) is 0 Å². The Kier molecular flexibility index (Phi) is 99.8. The predicted molar refractivity (Wildman–Crippen MR) is 17.3 cm³/mol. The molecule has 0 aliphatic carbocycles. The molecule has 0 heterocycles. The van der Waals surface area contributed by atoms with Crippen molar-refractivity contribution in [2.24, 2.45) is 0 Å². The summed E-state index contributed by atoms with van der Waals surface area (Å²) in [4.78, 5) is 0. The molecule has 0 saturated carbocycles. The third-order valence-corrected chi connectivity index (χ3v) is 0. The van der Waals surface area contributed by atoms with Gasteiger partial charge < -0.3 is 0 Å². The van der Waals surface area contributed by atoms with Gasteiger partial charge in [0, 0.05) is 120 Å². The van der Waals surface area contributed by atoms with Crippen LogP contribution in [0.25, 0.3) is 0 Å². The van der Waals surface area contributed by atoms with Crippen molar-refractivity contribution < 1.29 is 19.5 Å². The van der Waals surface area contributed by atoms with E-state index in [1.54, 1.807) is 0 Å². The van der Waals surface area contributed by atoms with Gasteiger partial charge in [0.2, 0.25) is 0 Å². The molecular formula is CaKSiZn. The molecular weight excluding hydrogens is 173 g/mol. The van der Waals surface area contributed by atoms with Crippen LogP contribution in [-0.2, 0) is 19.5 Å². The van der Waals surface area contributed by atoms with Gasteiger partial charge >= 0.3 is 0 Å². The van der Waals surface area contributed by atoms with Crippen LogP contribution in [0.1, 0.15) is 0 Å². The van der Waals surface area contributed by atoms with E-state index in [0.717, 1.165) is 0 Å². The van der Waals surface area contributed by atoms with Crippen LogP contribution < -0.4 is 0 Å². The molecule has 4 heteroatoms. The molecule has 0 amide bonds. The second kappa shape index (κ2) is 15.9. The fraction of sp³-hybridized carbons (Fsp3) is 0. The SMILES string of the molecule is [Ca].[K].[Si].[Zn]. The second-order valence-corrected chi connectivity index (χ2v) is 0. The largest absolute Gasteiger partial charge is 0 e. The van der Waals surface area contributed by atoms with E-state index >= 15 is 0 Å². The van der Waals surface area contributed by atoms with Crippen molar-refractivity contribution in [2.45, 2.75) is 0 Å². The third-order valence-electron chi connectivity index (χ3n) is 0. The van der Waals surface area contributed by atoms with E-state index < -0.39 is 0 Å². The Morgan fingerprint density at radius 1 is 1.00 bits per heavy atom. The monoisotopic (exact) mass is 171 g/mol. The number of hydrogen-bond acceptors (Lipinski definition) is 0. The molecule has 0 fully saturated rings. The summed E-state index contributed by atoms with van der Waals surface area (Å²) in [5.41, 5.74) is 0. The Labute approximate surface area is 116 Å². The molecule has 0 aliphatic heterocycles. The van der Waals surface area contributed by atoms with Crippen molar-refractivity contribution in [1.82, 2.24) is 0 Å². The minimum absolute atomic E-state index is 0. The van der Waals surface area contributed by atoms with E-state index in [1.165, 1.54) is 0 Å². The van der Waals surface area contributed by atoms with Crippen molar-refractivity contribution in [3.63, 3.8) is 0 Å². The van der Waals surface area contributed by atoms with E-state index in [1.807, 2.05) is 0 Å². The van der Waals surface area contributed by atoms with E-state index in [-0.39, 0.29) is 120 Å². The normalized spacial score (nSPS) is 0. The minimum Gasteiger partial charge on any atom is 0 e. The van der Waals surface area contributed by atoms with Crippen LogP contribution in [-0.4, -0.2) is 100 Å². The fourth-order valence-corrected chi connectivity index (χ4v) is 0. The van der Waals surface area contributed by atoms with E-state index in [9.17, 15) is 0 Å². The molecule has 0 bridgehead atoms. The summed E-state index contributed by atoms with van der Waals surface area (Å²) in [6.07, 6.45) is 0. The first-order valence-electron chi connectivity index (χ1n) is 0. The first-order valence-corrected chi connectivity index (χ1v) is 0. The summed E-state index contributed by atoms with van der Waals surface area (Å²) in [6.45, 7) is 0. The average Bonchev–Trinajstić information content (AvgIpc) is 0. The molecule has 0 aromatic rings. The molecule has 4 heavy (non-hydrogen) atoms. The van der Waals surface area contributed by atoms with Crippen molar-refractivity contribution >= 4 is 100 Å². The molecule has 0 N–H and O–H groups in total. The smallest absolute Gasteiger partial charge is 0 e. The quantitative estimate of drug-likeness (QED) is 0.405. The van der Waals surface area contributed by atoms with Gasteiger partial charge in [-0.15, -0.1) is 0 Å². The first kappa shape index (κ1) is 25.1. The standard InChI is InChI=1S/Ca.K.Si.Zn. The summed E-state index contributed by atoms with van der Waals surface area (Å²) in [6, 6.07) is 0. The Balaban J connectivity index is 0. The van der Waals surface area contributed by atoms with Crippen molar-refractivity contribution in [1.29, 1.82) is 0 Å².